The van der Waals surface area contributed by atoms with E-state index < -0.39 is 32.4 Å². The number of benzene rings is 1. The molecule has 0 heterocycles. The van der Waals surface area contributed by atoms with Gasteiger partial charge in [-0.05, 0) is 13.3 Å². The largest absolute Gasteiger partial charge is 0.328 e. The van der Waals surface area contributed by atoms with Crippen LogP contribution in [0.1, 0.15) is 13.3 Å². The van der Waals surface area contributed by atoms with E-state index in [1.54, 1.807) is 6.92 Å². The van der Waals surface area contributed by atoms with Crippen molar-refractivity contribution in [3.05, 3.63) is 29.6 Å². The van der Waals surface area contributed by atoms with Crippen LogP contribution < -0.4 is 5.73 Å². The van der Waals surface area contributed by atoms with Crippen LogP contribution in [0.2, 0.25) is 0 Å². The number of halogens is 3. The Kier molecular flexibility index (Phi) is 4.94. The zero-order valence-corrected chi connectivity index (χ0v) is 11.3. The summed E-state index contributed by atoms with van der Waals surface area (Å²) in [7, 11) is -3.17. The van der Waals surface area contributed by atoms with Gasteiger partial charge in [0, 0.05) is 31.8 Å². The molecule has 1 aromatic carbocycles. The summed E-state index contributed by atoms with van der Waals surface area (Å²) in [5, 5.41) is 0. The predicted molar refractivity (Wildman–Crippen MR) is 64.4 cm³/mol. The molecule has 0 amide bonds. The molecule has 0 saturated carbocycles. The Morgan fingerprint density at radius 2 is 1.74 bits per heavy atom. The molecule has 0 radical (unpaired) electrons. The Balaban J connectivity index is 3.14. The molecule has 0 spiro atoms. The summed E-state index contributed by atoms with van der Waals surface area (Å²) >= 11 is 0. The zero-order chi connectivity index (χ0) is 14.8. The minimum absolute atomic E-state index is 0.0102. The van der Waals surface area contributed by atoms with Gasteiger partial charge >= 0.3 is 0 Å². The van der Waals surface area contributed by atoms with E-state index in [1.807, 2.05) is 0 Å². The summed E-state index contributed by atoms with van der Waals surface area (Å²) < 4.78 is 64.4. The lowest BCUT2D eigenvalue weighted by Gasteiger charge is -2.18. The van der Waals surface area contributed by atoms with Crippen molar-refractivity contribution in [1.82, 2.24) is 4.31 Å². The first kappa shape index (κ1) is 15.9. The molecule has 2 N–H and O–H groups in total. The van der Waals surface area contributed by atoms with E-state index in [0.717, 1.165) is 4.31 Å². The van der Waals surface area contributed by atoms with Crippen LogP contribution in [0.4, 0.5) is 13.2 Å². The predicted octanol–water partition coefficient (Wildman–Crippen LogP) is 1.46. The topological polar surface area (TPSA) is 63.4 Å². The number of hydrogen-bond acceptors (Lipinski definition) is 3. The van der Waals surface area contributed by atoms with Gasteiger partial charge in [-0.2, -0.15) is 0 Å². The van der Waals surface area contributed by atoms with Gasteiger partial charge in [0.25, 0.3) is 0 Å². The van der Waals surface area contributed by atoms with E-state index in [2.05, 4.69) is 0 Å². The molecule has 0 aliphatic carbocycles. The molecular formula is C11H15F3N2O2S. The second kappa shape index (κ2) is 5.89. The third-order valence-electron chi connectivity index (χ3n) is 2.53. The summed E-state index contributed by atoms with van der Waals surface area (Å²) in [6.07, 6.45) is 0.333. The van der Waals surface area contributed by atoms with Gasteiger partial charge in [0.1, 0.15) is 17.5 Å². The molecule has 1 atom stereocenters. The average Bonchev–Trinajstić information content (AvgIpc) is 2.23. The summed E-state index contributed by atoms with van der Waals surface area (Å²) in [5.74, 6) is -4.08. The third kappa shape index (κ3) is 3.68. The van der Waals surface area contributed by atoms with Crippen LogP contribution in [0.5, 0.6) is 0 Å². The van der Waals surface area contributed by atoms with Gasteiger partial charge in [-0.3, -0.25) is 0 Å². The Bertz CT molecular complexity index is 538. The Morgan fingerprint density at radius 1 is 1.26 bits per heavy atom. The quantitative estimate of drug-likeness (QED) is 0.895. The molecule has 108 valence electrons. The highest BCUT2D eigenvalue weighted by Crippen LogP contribution is 2.23. The molecular weight excluding hydrogens is 281 g/mol. The molecule has 0 fully saturated rings. The van der Waals surface area contributed by atoms with E-state index in [0.29, 0.717) is 18.6 Å². The van der Waals surface area contributed by atoms with Gasteiger partial charge in [0.05, 0.1) is 0 Å². The average molecular weight is 296 g/mol. The summed E-state index contributed by atoms with van der Waals surface area (Å²) in [6.45, 7) is 1.69. The molecule has 4 nitrogen and oxygen atoms in total. The zero-order valence-electron chi connectivity index (χ0n) is 10.5. The summed E-state index contributed by atoms with van der Waals surface area (Å²) in [4.78, 5) is -1.15. The molecule has 0 aliphatic heterocycles. The van der Waals surface area contributed by atoms with Gasteiger partial charge in [-0.15, -0.1) is 0 Å². The van der Waals surface area contributed by atoms with Crippen molar-refractivity contribution in [2.24, 2.45) is 5.73 Å². The molecule has 19 heavy (non-hydrogen) atoms. The van der Waals surface area contributed by atoms with E-state index in [1.165, 1.54) is 7.05 Å². The Hall–Kier alpha value is -1.12. The molecule has 0 saturated heterocycles. The van der Waals surface area contributed by atoms with Crippen molar-refractivity contribution in [3.8, 4) is 0 Å². The maximum absolute atomic E-state index is 13.5. The molecule has 0 aromatic heterocycles. The Morgan fingerprint density at radius 3 is 2.16 bits per heavy atom. The van der Waals surface area contributed by atoms with Crippen LogP contribution in [0, 0.1) is 17.5 Å². The van der Waals surface area contributed by atoms with Gasteiger partial charge in [-0.1, -0.05) is 0 Å². The Labute approximate surface area is 110 Å². The van der Waals surface area contributed by atoms with Crippen LogP contribution in [0.3, 0.4) is 0 Å². The van der Waals surface area contributed by atoms with E-state index in [9.17, 15) is 21.6 Å². The van der Waals surface area contributed by atoms with Crippen molar-refractivity contribution in [2.45, 2.75) is 24.3 Å². The highest BCUT2D eigenvalue weighted by Gasteiger charge is 2.29. The monoisotopic (exact) mass is 296 g/mol. The van der Waals surface area contributed by atoms with Crippen LogP contribution in [-0.2, 0) is 10.0 Å². The fourth-order valence-corrected chi connectivity index (χ4v) is 2.70. The summed E-state index contributed by atoms with van der Waals surface area (Å²) in [6, 6.07) is 0.408. The van der Waals surface area contributed by atoms with Crippen LogP contribution >= 0.6 is 0 Å². The number of nitrogens with zero attached hydrogens (tertiary/aromatic N) is 1. The van der Waals surface area contributed by atoms with Gasteiger partial charge < -0.3 is 5.73 Å². The van der Waals surface area contributed by atoms with Gasteiger partial charge in [-0.25, -0.2) is 25.9 Å². The molecule has 0 bridgehead atoms. The van der Waals surface area contributed by atoms with E-state index >= 15 is 0 Å². The second-order valence-electron chi connectivity index (χ2n) is 4.29. The minimum atomic E-state index is -4.35. The van der Waals surface area contributed by atoms with Crippen LogP contribution in [0.25, 0.3) is 0 Å². The van der Waals surface area contributed by atoms with E-state index in [4.69, 9.17) is 5.73 Å². The first-order valence-electron chi connectivity index (χ1n) is 5.52. The van der Waals surface area contributed by atoms with Crippen molar-refractivity contribution < 1.29 is 21.6 Å². The first-order chi connectivity index (χ1) is 8.66. The lowest BCUT2D eigenvalue weighted by atomic mass is 10.2. The van der Waals surface area contributed by atoms with Crippen LogP contribution in [0.15, 0.2) is 17.0 Å². The maximum Gasteiger partial charge on any atom is 0.248 e. The summed E-state index contributed by atoms with van der Waals surface area (Å²) in [5.41, 5.74) is 5.48. The number of rotatable bonds is 5. The smallest absolute Gasteiger partial charge is 0.248 e. The first-order valence-corrected chi connectivity index (χ1v) is 6.96. The van der Waals surface area contributed by atoms with E-state index in [-0.39, 0.29) is 12.6 Å². The van der Waals surface area contributed by atoms with Crippen molar-refractivity contribution >= 4 is 10.0 Å². The standard InChI is InChI=1S/C11H15F3N2O2S/c1-7(15)3-4-16(2)19(17,18)11-9(13)5-8(12)6-10(11)14/h5-7H,3-4,15H2,1-2H3. The number of nitrogens with two attached hydrogens (primary N) is 1. The maximum atomic E-state index is 13.5. The SMILES string of the molecule is CC(N)CCN(C)S(=O)(=O)c1c(F)cc(F)cc1F. The highest BCUT2D eigenvalue weighted by molar-refractivity contribution is 7.89. The molecule has 0 aliphatic rings. The van der Waals surface area contributed by atoms with Gasteiger partial charge in [0.15, 0.2) is 4.90 Å². The van der Waals surface area contributed by atoms with Crippen molar-refractivity contribution in [3.63, 3.8) is 0 Å². The minimum Gasteiger partial charge on any atom is -0.328 e. The number of sulfonamides is 1. The fraction of sp³-hybridized carbons (Fsp3) is 0.455. The molecule has 1 unspecified atom stereocenters. The lowest BCUT2D eigenvalue weighted by molar-refractivity contribution is 0.431. The lowest BCUT2D eigenvalue weighted by Crippen LogP contribution is -2.32. The fourth-order valence-electron chi connectivity index (χ4n) is 1.44. The van der Waals surface area contributed by atoms with Crippen LogP contribution in [-0.4, -0.2) is 32.4 Å². The molecule has 1 rings (SSSR count). The molecule has 8 heteroatoms. The van der Waals surface area contributed by atoms with Gasteiger partial charge in [0.2, 0.25) is 10.0 Å². The second-order valence-corrected chi connectivity index (χ2v) is 6.27. The molecule has 1 aromatic rings. The number of hydrogen-bond donors (Lipinski definition) is 1. The third-order valence-corrected chi connectivity index (χ3v) is 4.44. The highest BCUT2D eigenvalue weighted by atomic mass is 32.2. The van der Waals surface area contributed by atoms with Crippen molar-refractivity contribution in [2.75, 3.05) is 13.6 Å². The van der Waals surface area contributed by atoms with Crippen molar-refractivity contribution in [1.29, 1.82) is 0 Å². The normalized spacial score (nSPS) is 13.8.